The van der Waals surface area contributed by atoms with Crippen LogP contribution in [0.4, 0.5) is 0 Å². The molecule has 1 aromatic carbocycles. The van der Waals surface area contributed by atoms with Gasteiger partial charge in [-0.1, -0.05) is 6.92 Å². The smallest absolute Gasteiger partial charge is 0.328 e. The maximum atomic E-state index is 10.9. The molecule has 1 N–H and O–H groups in total. The topological polar surface area (TPSA) is 46.5 Å². The van der Waals surface area contributed by atoms with Crippen LogP contribution in [0.5, 0.6) is 5.75 Å². The van der Waals surface area contributed by atoms with Crippen LogP contribution in [0.15, 0.2) is 12.1 Å². The second kappa shape index (κ2) is 6.41. The third-order valence-corrected chi connectivity index (χ3v) is 3.35. The van der Waals surface area contributed by atoms with Gasteiger partial charge in [0.25, 0.3) is 0 Å². The molecule has 0 aromatic heterocycles. The normalized spacial score (nSPS) is 11.5. The van der Waals surface area contributed by atoms with E-state index in [1.165, 1.54) is 6.08 Å². The first kappa shape index (κ1) is 15.3. The molecule has 1 rings (SSSR count). The fourth-order valence-electron chi connectivity index (χ4n) is 2.34. The number of benzene rings is 1. The summed E-state index contributed by atoms with van der Waals surface area (Å²) in [6.45, 7) is 10.6. The molecule has 0 radical (unpaired) electrons. The van der Waals surface area contributed by atoms with Crippen LogP contribution in [-0.4, -0.2) is 17.7 Å². The van der Waals surface area contributed by atoms with E-state index < -0.39 is 5.97 Å². The summed E-state index contributed by atoms with van der Waals surface area (Å²) < 4.78 is 5.61. The van der Waals surface area contributed by atoms with Crippen molar-refractivity contribution in [1.29, 1.82) is 0 Å². The highest BCUT2D eigenvalue weighted by Crippen LogP contribution is 2.33. The minimum atomic E-state index is -0.901. The number of hydrogen-bond acceptors (Lipinski definition) is 2. The van der Waals surface area contributed by atoms with Gasteiger partial charge in [-0.05, 0) is 68.0 Å². The number of allylic oxidation sites excluding steroid dienone is 1. The van der Waals surface area contributed by atoms with Gasteiger partial charge in [-0.25, -0.2) is 4.79 Å². The van der Waals surface area contributed by atoms with Gasteiger partial charge in [0.2, 0.25) is 0 Å². The van der Waals surface area contributed by atoms with Gasteiger partial charge in [-0.3, -0.25) is 0 Å². The Kier molecular flexibility index (Phi) is 5.16. The molecule has 0 spiro atoms. The SMILES string of the molecule is CCOc1cc(C)c(/C(=C/C(=O)O)CC)c(C)c1C. The summed E-state index contributed by atoms with van der Waals surface area (Å²) in [5.41, 5.74) is 5.12. The van der Waals surface area contributed by atoms with E-state index in [0.717, 1.165) is 33.6 Å². The Balaban J connectivity index is 3.45. The molecule has 104 valence electrons. The number of aliphatic carboxylic acids is 1. The lowest BCUT2D eigenvalue weighted by molar-refractivity contribution is -0.131. The Bertz CT molecular complexity index is 513. The molecule has 0 saturated carbocycles. The zero-order valence-corrected chi connectivity index (χ0v) is 12.3. The molecule has 19 heavy (non-hydrogen) atoms. The van der Waals surface area contributed by atoms with Crippen molar-refractivity contribution in [2.45, 2.75) is 41.0 Å². The summed E-state index contributed by atoms with van der Waals surface area (Å²) in [6.07, 6.45) is 2.00. The number of ether oxygens (including phenoxy) is 1. The maximum absolute atomic E-state index is 10.9. The monoisotopic (exact) mass is 262 g/mol. The van der Waals surface area contributed by atoms with Gasteiger partial charge in [0, 0.05) is 6.08 Å². The second-order valence-corrected chi connectivity index (χ2v) is 4.61. The summed E-state index contributed by atoms with van der Waals surface area (Å²) >= 11 is 0. The van der Waals surface area contributed by atoms with Crippen molar-refractivity contribution >= 4 is 11.5 Å². The van der Waals surface area contributed by atoms with E-state index in [9.17, 15) is 4.79 Å². The van der Waals surface area contributed by atoms with E-state index in [0.29, 0.717) is 13.0 Å². The third kappa shape index (κ3) is 3.37. The molecule has 0 aliphatic carbocycles. The van der Waals surface area contributed by atoms with Crippen LogP contribution in [0.2, 0.25) is 0 Å². The molecule has 0 bridgehead atoms. The average Bonchev–Trinajstić information content (AvgIpc) is 2.34. The Labute approximate surface area is 114 Å². The third-order valence-electron chi connectivity index (χ3n) is 3.35. The predicted molar refractivity (Wildman–Crippen MR) is 77.7 cm³/mol. The minimum Gasteiger partial charge on any atom is -0.494 e. The van der Waals surface area contributed by atoms with Crippen molar-refractivity contribution in [1.82, 2.24) is 0 Å². The average molecular weight is 262 g/mol. The number of rotatable bonds is 5. The lowest BCUT2D eigenvalue weighted by Gasteiger charge is -2.18. The fraction of sp³-hybridized carbons (Fsp3) is 0.438. The first-order valence-electron chi connectivity index (χ1n) is 6.59. The highest BCUT2D eigenvalue weighted by molar-refractivity contribution is 5.91. The van der Waals surface area contributed by atoms with Crippen LogP contribution in [0.1, 0.15) is 42.5 Å². The lowest BCUT2D eigenvalue weighted by Crippen LogP contribution is -2.02. The van der Waals surface area contributed by atoms with Gasteiger partial charge in [0.1, 0.15) is 5.75 Å². The van der Waals surface area contributed by atoms with Crippen molar-refractivity contribution in [3.8, 4) is 5.75 Å². The largest absolute Gasteiger partial charge is 0.494 e. The number of carboxylic acid groups (broad SMARTS) is 1. The molecule has 0 unspecified atom stereocenters. The van der Waals surface area contributed by atoms with E-state index in [4.69, 9.17) is 9.84 Å². The Morgan fingerprint density at radius 2 is 1.89 bits per heavy atom. The molecule has 1 aromatic rings. The Hall–Kier alpha value is -1.77. The Morgan fingerprint density at radius 3 is 2.37 bits per heavy atom. The summed E-state index contributed by atoms with van der Waals surface area (Å²) in [4.78, 5) is 10.9. The molecule has 0 atom stereocenters. The van der Waals surface area contributed by atoms with Gasteiger partial charge in [0.05, 0.1) is 6.61 Å². The van der Waals surface area contributed by atoms with Crippen molar-refractivity contribution < 1.29 is 14.6 Å². The highest BCUT2D eigenvalue weighted by atomic mass is 16.5. The van der Waals surface area contributed by atoms with Gasteiger partial charge >= 0.3 is 5.97 Å². The van der Waals surface area contributed by atoms with Gasteiger partial charge in [-0.15, -0.1) is 0 Å². The molecular weight excluding hydrogens is 240 g/mol. The lowest BCUT2D eigenvalue weighted by atomic mass is 9.90. The summed E-state index contributed by atoms with van der Waals surface area (Å²) in [7, 11) is 0. The first-order valence-corrected chi connectivity index (χ1v) is 6.59. The molecule has 0 saturated heterocycles. The Morgan fingerprint density at radius 1 is 1.26 bits per heavy atom. The fourth-order valence-corrected chi connectivity index (χ4v) is 2.34. The maximum Gasteiger partial charge on any atom is 0.328 e. The summed E-state index contributed by atoms with van der Waals surface area (Å²) in [5.74, 6) is -0.0192. The van der Waals surface area contributed by atoms with E-state index >= 15 is 0 Å². The number of hydrogen-bond donors (Lipinski definition) is 1. The quantitative estimate of drug-likeness (QED) is 0.819. The standard InChI is InChI=1S/C16H22O3/c1-6-13(9-15(17)18)16-10(3)8-14(19-7-2)11(4)12(16)5/h8-9H,6-7H2,1-5H3,(H,17,18)/b13-9+. The van der Waals surface area contributed by atoms with Crippen LogP contribution in [-0.2, 0) is 4.79 Å². The van der Waals surface area contributed by atoms with Gasteiger partial charge < -0.3 is 9.84 Å². The predicted octanol–water partition coefficient (Wildman–Crippen LogP) is 3.89. The van der Waals surface area contributed by atoms with Crippen LogP contribution in [0.25, 0.3) is 5.57 Å². The minimum absolute atomic E-state index is 0.630. The molecule has 0 heterocycles. The van der Waals surface area contributed by atoms with Crippen molar-refractivity contribution in [3.63, 3.8) is 0 Å². The van der Waals surface area contributed by atoms with Gasteiger partial charge in [-0.2, -0.15) is 0 Å². The molecule has 0 aliphatic rings. The number of carbonyl (C=O) groups is 1. The van der Waals surface area contributed by atoms with E-state index in [1.807, 2.05) is 40.7 Å². The van der Waals surface area contributed by atoms with Crippen LogP contribution < -0.4 is 4.74 Å². The molecule has 0 amide bonds. The van der Waals surface area contributed by atoms with Crippen LogP contribution in [0.3, 0.4) is 0 Å². The van der Waals surface area contributed by atoms with Crippen LogP contribution >= 0.6 is 0 Å². The van der Waals surface area contributed by atoms with Crippen LogP contribution in [0, 0.1) is 20.8 Å². The first-order chi connectivity index (χ1) is 8.92. The highest BCUT2D eigenvalue weighted by Gasteiger charge is 2.14. The zero-order valence-electron chi connectivity index (χ0n) is 12.3. The van der Waals surface area contributed by atoms with E-state index in [1.54, 1.807) is 0 Å². The van der Waals surface area contributed by atoms with E-state index in [-0.39, 0.29) is 0 Å². The number of carboxylic acids is 1. The molecule has 3 heteroatoms. The van der Waals surface area contributed by atoms with Gasteiger partial charge in [0.15, 0.2) is 0 Å². The van der Waals surface area contributed by atoms with Crippen molar-refractivity contribution in [2.75, 3.05) is 6.61 Å². The van der Waals surface area contributed by atoms with E-state index in [2.05, 4.69) is 0 Å². The van der Waals surface area contributed by atoms with Crippen molar-refractivity contribution in [2.24, 2.45) is 0 Å². The molecule has 0 fully saturated rings. The number of aryl methyl sites for hydroxylation is 1. The second-order valence-electron chi connectivity index (χ2n) is 4.61. The molecule has 3 nitrogen and oxygen atoms in total. The summed E-state index contributed by atoms with van der Waals surface area (Å²) in [6, 6.07) is 1.99. The molecule has 0 aliphatic heterocycles. The van der Waals surface area contributed by atoms with Crippen molar-refractivity contribution in [3.05, 3.63) is 34.4 Å². The summed E-state index contributed by atoms with van der Waals surface area (Å²) in [5, 5.41) is 8.97. The molecular formula is C16H22O3. The zero-order chi connectivity index (χ0) is 14.6.